The largest absolute Gasteiger partial charge is 0.478 e. The first-order valence-electron chi connectivity index (χ1n) is 7.51. The molecule has 0 spiro atoms. The topological polar surface area (TPSA) is 62.4 Å². The van der Waals surface area contributed by atoms with E-state index in [9.17, 15) is 13.6 Å². The summed E-state index contributed by atoms with van der Waals surface area (Å²) >= 11 is 11.1. The molecule has 0 radical (unpaired) electrons. The Hall–Kier alpha value is -2.45. The van der Waals surface area contributed by atoms with Gasteiger partial charge in [-0.3, -0.25) is 15.6 Å². The molecule has 3 N–H and O–H groups in total. The van der Waals surface area contributed by atoms with Gasteiger partial charge in [0.1, 0.15) is 5.82 Å². The second kappa shape index (κ2) is 8.77. The zero-order chi connectivity index (χ0) is 19.3. The average molecular weight is 400 g/mol. The molecule has 138 valence electrons. The fraction of sp³-hybridized carbons (Fsp3) is 0.176. The number of anilines is 1. The molecule has 5 nitrogen and oxygen atoms in total. The van der Waals surface area contributed by atoms with Crippen LogP contribution in [0.5, 0.6) is 5.75 Å². The van der Waals surface area contributed by atoms with E-state index in [0.29, 0.717) is 16.8 Å². The van der Waals surface area contributed by atoms with Gasteiger partial charge in [-0.15, -0.1) is 0 Å². The second-order valence-electron chi connectivity index (χ2n) is 5.32. The molecule has 0 bridgehead atoms. The molecule has 0 aliphatic rings. The van der Waals surface area contributed by atoms with Crippen LogP contribution in [0.2, 0.25) is 5.02 Å². The lowest BCUT2D eigenvalue weighted by Crippen LogP contribution is -2.48. The minimum atomic E-state index is -1.04. The van der Waals surface area contributed by atoms with Gasteiger partial charge in [-0.2, -0.15) is 0 Å². The van der Waals surface area contributed by atoms with E-state index in [2.05, 4.69) is 16.2 Å². The number of halogens is 3. The zero-order valence-electron chi connectivity index (χ0n) is 13.9. The summed E-state index contributed by atoms with van der Waals surface area (Å²) in [5.74, 6) is -2.46. The van der Waals surface area contributed by atoms with Crippen LogP contribution in [0.4, 0.5) is 14.5 Å². The fourth-order valence-corrected chi connectivity index (χ4v) is 2.27. The molecule has 0 aromatic heterocycles. The van der Waals surface area contributed by atoms with Crippen LogP contribution in [0.1, 0.15) is 12.5 Å². The smallest absolute Gasteiger partial charge is 0.279 e. The van der Waals surface area contributed by atoms with Crippen molar-refractivity contribution in [1.29, 1.82) is 0 Å². The van der Waals surface area contributed by atoms with Crippen LogP contribution < -0.4 is 20.9 Å². The minimum Gasteiger partial charge on any atom is -0.478 e. The van der Waals surface area contributed by atoms with Crippen molar-refractivity contribution in [2.24, 2.45) is 0 Å². The number of carbonyl (C=O) groups excluding carboxylic acids is 1. The molecule has 0 aliphatic heterocycles. The summed E-state index contributed by atoms with van der Waals surface area (Å²) in [6.07, 6.45) is -1.04. The van der Waals surface area contributed by atoms with E-state index < -0.39 is 23.6 Å². The fourth-order valence-electron chi connectivity index (χ4n) is 1.93. The van der Waals surface area contributed by atoms with Crippen LogP contribution in [0.3, 0.4) is 0 Å². The number of amides is 1. The van der Waals surface area contributed by atoms with Gasteiger partial charge in [0, 0.05) is 16.8 Å². The standard InChI is InChI=1S/C17H16ClF2N3O2S/c1-9-12(18)4-3-5-14(9)21-17(26)23-22-16(24)10(2)25-15-7-6-11(19)8-13(15)20/h3-8,10H,1-2H3,(H,22,24)(H2,21,23,26)/t10-/m0/s1. The minimum absolute atomic E-state index is 0.129. The van der Waals surface area contributed by atoms with Gasteiger partial charge in [0.05, 0.1) is 0 Å². The molecular formula is C17H16ClF2N3O2S. The first-order valence-corrected chi connectivity index (χ1v) is 8.30. The van der Waals surface area contributed by atoms with Gasteiger partial charge in [0.25, 0.3) is 5.91 Å². The molecule has 2 rings (SSSR count). The molecule has 0 unspecified atom stereocenters. The van der Waals surface area contributed by atoms with E-state index >= 15 is 0 Å². The van der Waals surface area contributed by atoms with E-state index in [0.717, 1.165) is 17.7 Å². The van der Waals surface area contributed by atoms with Crippen LogP contribution in [-0.2, 0) is 4.79 Å². The van der Waals surface area contributed by atoms with Crippen LogP contribution in [0, 0.1) is 18.6 Å². The molecule has 0 saturated carbocycles. The Bertz CT molecular complexity index is 836. The summed E-state index contributed by atoms with van der Waals surface area (Å²) in [7, 11) is 0. The van der Waals surface area contributed by atoms with E-state index in [1.54, 1.807) is 18.2 Å². The van der Waals surface area contributed by atoms with Crippen molar-refractivity contribution in [3.8, 4) is 5.75 Å². The van der Waals surface area contributed by atoms with Crippen molar-refractivity contribution in [3.05, 3.63) is 58.6 Å². The van der Waals surface area contributed by atoms with E-state index in [1.165, 1.54) is 6.92 Å². The van der Waals surface area contributed by atoms with Crippen molar-refractivity contribution in [1.82, 2.24) is 10.9 Å². The number of nitrogens with one attached hydrogen (secondary N) is 3. The van der Waals surface area contributed by atoms with Crippen molar-refractivity contribution >= 4 is 40.5 Å². The van der Waals surface area contributed by atoms with Gasteiger partial charge in [-0.1, -0.05) is 17.7 Å². The molecule has 2 aromatic rings. The lowest BCUT2D eigenvalue weighted by atomic mass is 10.2. The first-order chi connectivity index (χ1) is 12.3. The molecule has 1 amide bonds. The SMILES string of the molecule is Cc1c(Cl)cccc1NC(=S)NNC(=O)[C@H](C)Oc1ccc(F)cc1F. The molecule has 0 aliphatic carbocycles. The van der Waals surface area contributed by atoms with E-state index in [1.807, 2.05) is 6.92 Å². The van der Waals surface area contributed by atoms with Gasteiger partial charge in [-0.25, -0.2) is 8.78 Å². The number of hydrogen-bond acceptors (Lipinski definition) is 3. The molecule has 1 atom stereocenters. The van der Waals surface area contributed by atoms with Crippen molar-refractivity contribution < 1.29 is 18.3 Å². The Morgan fingerprint density at radius 3 is 2.65 bits per heavy atom. The number of ether oxygens (including phenoxy) is 1. The normalized spacial score (nSPS) is 11.4. The molecule has 9 heteroatoms. The van der Waals surface area contributed by atoms with Crippen molar-refractivity contribution in [2.45, 2.75) is 20.0 Å². The predicted molar refractivity (Wildman–Crippen MR) is 100 cm³/mol. The van der Waals surface area contributed by atoms with Crippen LogP contribution in [0.15, 0.2) is 36.4 Å². The molecule has 26 heavy (non-hydrogen) atoms. The molecule has 0 fully saturated rings. The third-order valence-corrected chi connectivity index (χ3v) is 4.00. The van der Waals surface area contributed by atoms with Crippen LogP contribution >= 0.6 is 23.8 Å². The predicted octanol–water partition coefficient (Wildman–Crippen LogP) is 3.71. The first kappa shape index (κ1) is 19.9. The monoisotopic (exact) mass is 399 g/mol. The van der Waals surface area contributed by atoms with Gasteiger partial charge in [0.2, 0.25) is 0 Å². The third kappa shape index (κ3) is 5.27. The molecule has 0 saturated heterocycles. The molecule has 2 aromatic carbocycles. The summed E-state index contributed by atoms with van der Waals surface area (Å²) in [5, 5.41) is 3.59. The number of thiocarbonyl (C=S) groups is 1. The Morgan fingerprint density at radius 1 is 1.23 bits per heavy atom. The van der Waals surface area contributed by atoms with Crippen LogP contribution in [-0.4, -0.2) is 17.1 Å². The van der Waals surface area contributed by atoms with Gasteiger partial charge in [0.15, 0.2) is 22.8 Å². The van der Waals surface area contributed by atoms with Crippen LogP contribution in [0.25, 0.3) is 0 Å². The summed E-state index contributed by atoms with van der Waals surface area (Å²) < 4.78 is 31.6. The van der Waals surface area contributed by atoms with Gasteiger partial charge in [-0.05, 0) is 55.9 Å². The lowest BCUT2D eigenvalue weighted by molar-refractivity contribution is -0.127. The molecule has 0 heterocycles. The highest BCUT2D eigenvalue weighted by Gasteiger charge is 2.17. The summed E-state index contributed by atoms with van der Waals surface area (Å²) in [5.41, 5.74) is 6.33. The Balaban J connectivity index is 1.87. The molecular weight excluding hydrogens is 384 g/mol. The second-order valence-corrected chi connectivity index (χ2v) is 6.13. The quantitative estimate of drug-likeness (QED) is 0.540. The maximum Gasteiger partial charge on any atom is 0.279 e. The van der Waals surface area contributed by atoms with E-state index in [-0.39, 0.29) is 10.9 Å². The lowest BCUT2D eigenvalue weighted by Gasteiger charge is -2.17. The number of carbonyl (C=O) groups is 1. The summed E-state index contributed by atoms with van der Waals surface area (Å²) in [6.45, 7) is 3.23. The highest BCUT2D eigenvalue weighted by atomic mass is 35.5. The summed E-state index contributed by atoms with van der Waals surface area (Å²) in [4.78, 5) is 12.0. The van der Waals surface area contributed by atoms with Crippen molar-refractivity contribution in [3.63, 3.8) is 0 Å². The number of hydrogen-bond donors (Lipinski definition) is 3. The Labute approximate surface area is 159 Å². The highest BCUT2D eigenvalue weighted by Crippen LogP contribution is 2.22. The number of benzene rings is 2. The maximum absolute atomic E-state index is 13.5. The van der Waals surface area contributed by atoms with Gasteiger partial charge < -0.3 is 10.1 Å². The number of rotatable bonds is 4. The Kier molecular flexibility index (Phi) is 6.70. The van der Waals surface area contributed by atoms with Gasteiger partial charge >= 0.3 is 0 Å². The average Bonchev–Trinajstić information content (AvgIpc) is 2.59. The maximum atomic E-state index is 13.5. The van der Waals surface area contributed by atoms with Crippen molar-refractivity contribution in [2.75, 3.05) is 5.32 Å². The Morgan fingerprint density at radius 2 is 1.96 bits per heavy atom. The number of hydrazine groups is 1. The summed E-state index contributed by atoms with van der Waals surface area (Å²) in [6, 6.07) is 8.09. The van der Waals surface area contributed by atoms with E-state index in [4.69, 9.17) is 28.6 Å². The third-order valence-electron chi connectivity index (χ3n) is 3.38. The zero-order valence-corrected chi connectivity index (χ0v) is 15.5. The highest BCUT2D eigenvalue weighted by molar-refractivity contribution is 7.80.